The zero-order chi connectivity index (χ0) is 18.5. The predicted molar refractivity (Wildman–Crippen MR) is 100.0 cm³/mol. The molecule has 26 heavy (non-hydrogen) atoms. The Hall–Kier alpha value is -2.83. The van der Waals surface area contributed by atoms with Crippen LogP contribution in [0.2, 0.25) is 0 Å². The monoisotopic (exact) mass is 355 g/mol. The highest BCUT2D eigenvalue weighted by Gasteiger charge is 2.24. The number of amides is 2. The minimum absolute atomic E-state index is 0.0744. The van der Waals surface area contributed by atoms with E-state index in [0.29, 0.717) is 25.1 Å². The molecular formula is C19H25N5O2. The van der Waals surface area contributed by atoms with E-state index in [4.69, 9.17) is 0 Å². The molecule has 1 saturated heterocycles. The zero-order valence-corrected chi connectivity index (χ0v) is 15.3. The molecule has 0 bridgehead atoms. The standard InChI is InChI=1S/C19H25N5O2/c1-15(21-18(26)16-6-4-3-5-7-16)14-17(25)23-10-12-24(13-11-23)19-20-8-9-22(19)2/h3-9,15H,10-14H2,1-2H3,(H,21,26). The normalized spacial score (nSPS) is 15.6. The number of aryl methyl sites for hydroxylation is 1. The molecule has 2 aromatic rings. The molecule has 1 fully saturated rings. The summed E-state index contributed by atoms with van der Waals surface area (Å²) in [6, 6.07) is 8.84. The Balaban J connectivity index is 1.46. The van der Waals surface area contributed by atoms with Crippen molar-refractivity contribution in [1.29, 1.82) is 0 Å². The predicted octanol–water partition coefficient (Wildman–Crippen LogP) is 1.28. The first kappa shape index (κ1) is 18.0. The third kappa shape index (κ3) is 4.22. The molecule has 2 amide bonds. The number of rotatable bonds is 5. The number of carbonyl (C=O) groups excluding carboxylic acids is 2. The van der Waals surface area contributed by atoms with E-state index in [1.54, 1.807) is 18.3 Å². The lowest BCUT2D eigenvalue weighted by molar-refractivity contribution is -0.131. The Kier molecular flexibility index (Phi) is 5.55. The lowest BCUT2D eigenvalue weighted by atomic mass is 10.1. The maximum Gasteiger partial charge on any atom is 0.251 e. The molecule has 7 heteroatoms. The number of hydrogen-bond donors (Lipinski definition) is 1. The number of nitrogens with zero attached hydrogens (tertiary/aromatic N) is 4. The van der Waals surface area contributed by atoms with Gasteiger partial charge in [-0.2, -0.15) is 0 Å². The van der Waals surface area contributed by atoms with Crippen molar-refractivity contribution in [3.63, 3.8) is 0 Å². The largest absolute Gasteiger partial charge is 0.349 e. The van der Waals surface area contributed by atoms with Crippen molar-refractivity contribution < 1.29 is 9.59 Å². The maximum absolute atomic E-state index is 12.5. The van der Waals surface area contributed by atoms with Crippen molar-refractivity contribution in [2.24, 2.45) is 7.05 Å². The van der Waals surface area contributed by atoms with Gasteiger partial charge in [0.1, 0.15) is 0 Å². The van der Waals surface area contributed by atoms with Crippen LogP contribution >= 0.6 is 0 Å². The minimum Gasteiger partial charge on any atom is -0.349 e. The molecule has 0 saturated carbocycles. The van der Waals surface area contributed by atoms with Crippen molar-refractivity contribution >= 4 is 17.8 Å². The van der Waals surface area contributed by atoms with E-state index in [1.807, 2.05) is 47.8 Å². The summed E-state index contributed by atoms with van der Waals surface area (Å²) < 4.78 is 1.98. The lowest BCUT2D eigenvalue weighted by Gasteiger charge is -2.35. The quantitative estimate of drug-likeness (QED) is 0.877. The summed E-state index contributed by atoms with van der Waals surface area (Å²) in [5, 5.41) is 2.89. The highest BCUT2D eigenvalue weighted by Crippen LogP contribution is 2.14. The van der Waals surface area contributed by atoms with Crippen molar-refractivity contribution in [3.05, 3.63) is 48.3 Å². The average molecular weight is 355 g/mol. The van der Waals surface area contributed by atoms with Crippen LogP contribution in [0.1, 0.15) is 23.7 Å². The second kappa shape index (κ2) is 8.03. The van der Waals surface area contributed by atoms with Crippen molar-refractivity contribution in [2.75, 3.05) is 31.1 Å². The molecule has 1 N–H and O–H groups in total. The topological polar surface area (TPSA) is 70.5 Å². The summed E-state index contributed by atoms with van der Waals surface area (Å²) in [7, 11) is 1.97. The number of anilines is 1. The smallest absolute Gasteiger partial charge is 0.251 e. The van der Waals surface area contributed by atoms with Crippen LogP contribution < -0.4 is 10.2 Å². The molecule has 7 nitrogen and oxygen atoms in total. The summed E-state index contributed by atoms with van der Waals surface area (Å²) in [4.78, 5) is 33.1. The molecule has 1 aliphatic rings. The second-order valence-electron chi connectivity index (χ2n) is 6.65. The number of piperazine rings is 1. The molecule has 1 atom stereocenters. The van der Waals surface area contributed by atoms with E-state index < -0.39 is 0 Å². The van der Waals surface area contributed by atoms with Crippen LogP contribution in [0.15, 0.2) is 42.7 Å². The van der Waals surface area contributed by atoms with E-state index in [9.17, 15) is 9.59 Å². The average Bonchev–Trinajstić information content (AvgIpc) is 3.08. The van der Waals surface area contributed by atoms with Crippen molar-refractivity contribution in [3.8, 4) is 0 Å². The van der Waals surface area contributed by atoms with Crippen molar-refractivity contribution in [1.82, 2.24) is 19.8 Å². The fourth-order valence-corrected chi connectivity index (χ4v) is 3.16. The van der Waals surface area contributed by atoms with Crippen LogP contribution in [-0.4, -0.2) is 58.5 Å². The molecule has 0 aliphatic carbocycles. The van der Waals surface area contributed by atoms with E-state index >= 15 is 0 Å². The van der Waals surface area contributed by atoms with Crippen LogP contribution in [0, 0.1) is 0 Å². The van der Waals surface area contributed by atoms with Crippen LogP contribution in [-0.2, 0) is 11.8 Å². The van der Waals surface area contributed by atoms with Gasteiger partial charge >= 0.3 is 0 Å². The van der Waals surface area contributed by atoms with Crippen LogP contribution in [0.4, 0.5) is 5.95 Å². The summed E-state index contributed by atoms with van der Waals surface area (Å²) >= 11 is 0. The summed E-state index contributed by atoms with van der Waals surface area (Å²) in [6.07, 6.45) is 4.01. The molecule has 2 heterocycles. The van der Waals surface area contributed by atoms with Gasteiger partial charge in [0.15, 0.2) is 0 Å². The molecule has 1 aromatic heterocycles. The number of hydrogen-bond acceptors (Lipinski definition) is 4. The number of carbonyl (C=O) groups is 2. The van der Waals surface area contributed by atoms with Gasteiger partial charge in [0, 0.05) is 63.6 Å². The highest BCUT2D eigenvalue weighted by molar-refractivity contribution is 5.94. The van der Waals surface area contributed by atoms with E-state index in [1.165, 1.54) is 0 Å². The van der Waals surface area contributed by atoms with Gasteiger partial charge in [0.05, 0.1) is 0 Å². The molecule has 0 spiro atoms. The Morgan fingerprint density at radius 3 is 2.46 bits per heavy atom. The van der Waals surface area contributed by atoms with Gasteiger partial charge in [-0.05, 0) is 19.1 Å². The second-order valence-corrected chi connectivity index (χ2v) is 6.65. The molecule has 3 rings (SSSR count). The molecular weight excluding hydrogens is 330 g/mol. The fraction of sp³-hybridized carbons (Fsp3) is 0.421. The number of imidazole rings is 1. The molecule has 138 valence electrons. The summed E-state index contributed by atoms with van der Waals surface area (Å²) in [5.74, 6) is 0.858. The Morgan fingerprint density at radius 2 is 1.85 bits per heavy atom. The maximum atomic E-state index is 12.5. The third-order valence-corrected chi connectivity index (χ3v) is 4.61. The van der Waals surface area contributed by atoms with Gasteiger partial charge in [-0.25, -0.2) is 4.98 Å². The first-order valence-electron chi connectivity index (χ1n) is 8.90. The van der Waals surface area contributed by atoms with Crippen LogP contribution in [0.25, 0.3) is 0 Å². The van der Waals surface area contributed by atoms with Crippen LogP contribution in [0.5, 0.6) is 0 Å². The van der Waals surface area contributed by atoms with Gasteiger partial charge in [-0.15, -0.1) is 0 Å². The molecule has 1 unspecified atom stereocenters. The van der Waals surface area contributed by atoms with Crippen molar-refractivity contribution in [2.45, 2.75) is 19.4 Å². The first-order chi connectivity index (χ1) is 12.5. The fourth-order valence-electron chi connectivity index (χ4n) is 3.16. The summed E-state index contributed by atoms with van der Waals surface area (Å²) in [6.45, 7) is 4.74. The highest BCUT2D eigenvalue weighted by atomic mass is 16.2. The third-order valence-electron chi connectivity index (χ3n) is 4.61. The van der Waals surface area contributed by atoms with E-state index in [0.717, 1.165) is 19.0 Å². The Morgan fingerprint density at radius 1 is 1.15 bits per heavy atom. The van der Waals surface area contributed by atoms with Gasteiger partial charge in [-0.3, -0.25) is 9.59 Å². The molecule has 1 aromatic carbocycles. The number of aromatic nitrogens is 2. The number of nitrogens with one attached hydrogen (secondary N) is 1. The van der Waals surface area contributed by atoms with Gasteiger partial charge in [0.2, 0.25) is 11.9 Å². The summed E-state index contributed by atoms with van der Waals surface area (Å²) in [5.41, 5.74) is 0.607. The number of benzene rings is 1. The minimum atomic E-state index is -0.206. The first-order valence-corrected chi connectivity index (χ1v) is 8.90. The van der Waals surface area contributed by atoms with Gasteiger partial charge in [-0.1, -0.05) is 18.2 Å². The molecule has 1 aliphatic heterocycles. The van der Waals surface area contributed by atoms with E-state index in [-0.39, 0.29) is 17.9 Å². The Bertz CT molecular complexity index is 750. The van der Waals surface area contributed by atoms with E-state index in [2.05, 4.69) is 15.2 Å². The van der Waals surface area contributed by atoms with Crippen LogP contribution in [0.3, 0.4) is 0 Å². The lowest BCUT2D eigenvalue weighted by Crippen LogP contribution is -2.50. The molecule has 0 radical (unpaired) electrons. The van der Waals surface area contributed by atoms with Gasteiger partial charge < -0.3 is 19.7 Å². The zero-order valence-electron chi connectivity index (χ0n) is 15.3. The Labute approximate surface area is 153 Å². The SMILES string of the molecule is CC(CC(=O)N1CCN(c2nccn2C)CC1)NC(=O)c1ccccc1. The van der Waals surface area contributed by atoms with Gasteiger partial charge in [0.25, 0.3) is 5.91 Å².